The van der Waals surface area contributed by atoms with Crippen LogP contribution in [0.4, 0.5) is 5.82 Å². The van der Waals surface area contributed by atoms with Crippen molar-refractivity contribution in [3.05, 3.63) is 66.3 Å². The maximum atomic E-state index is 12.6. The molecule has 5 heteroatoms. The highest BCUT2D eigenvalue weighted by Gasteiger charge is 2.20. The van der Waals surface area contributed by atoms with Crippen LogP contribution in [-0.4, -0.2) is 33.4 Å². The molecule has 1 fully saturated rings. The third kappa shape index (κ3) is 4.13. The van der Waals surface area contributed by atoms with E-state index in [9.17, 15) is 4.79 Å². The molecule has 0 aromatic carbocycles. The molecular weight excluding hydrogens is 336 g/mol. The van der Waals surface area contributed by atoms with E-state index in [4.69, 9.17) is 0 Å². The number of carbonyl (C=O) groups is 1. The molecule has 1 N–H and O–H groups in total. The standard InChI is InChI=1S/C22H26N4O/c1-17-6-8-19-15-18(16-23-22(19)24-17)7-9-21(27)26-13-4-5-20(10-14-26)25-11-2-3-12-25/h2-3,7,9,11-12,15-16,20H,1,4-6,8,10,13-14H2,(H,23,24)/b9-7+. The molecule has 2 aromatic heterocycles. The second kappa shape index (κ2) is 7.82. The van der Waals surface area contributed by atoms with E-state index in [1.54, 1.807) is 12.3 Å². The van der Waals surface area contributed by atoms with Crippen molar-refractivity contribution in [3.63, 3.8) is 0 Å². The van der Waals surface area contributed by atoms with Crippen molar-refractivity contribution < 1.29 is 4.79 Å². The van der Waals surface area contributed by atoms with Gasteiger partial charge in [-0.3, -0.25) is 4.79 Å². The number of fused-ring (bicyclic) bond motifs is 1. The minimum atomic E-state index is 0.0902. The van der Waals surface area contributed by atoms with E-state index in [0.29, 0.717) is 6.04 Å². The lowest BCUT2D eigenvalue weighted by Gasteiger charge is -2.20. The Morgan fingerprint density at radius 3 is 2.93 bits per heavy atom. The fourth-order valence-electron chi connectivity index (χ4n) is 3.90. The SMILES string of the molecule is C=C1CCc2cc(/C=C/C(=O)N3CCCC(n4cccc4)CC3)cnc2N1. The quantitative estimate of drug-likeness (QED) is 0.839. The van der Waals surface area contributed by atoms with Crippen LogP contribution in [0.15, 0.2) is 55.1 Å². The Hall–Kier alpha value is -2.82. The molecule has 140 valence electrons. The van der Waals surface area contributed by atoms with Crippen LogP contribution in [0.3, 0.4) is 0 Å². The van der Waals surface area contributed by atoms with Crippen molar-refractivity contribution in [2.45, 2.75) is 38.1 Å². The fraction of sp³-hybridized carbons (Fsp3) is 0.364. The zero-order valence-corrected chi connectivity index (χ0v) is 15.6. The van der Waals surface area contributed by atoms with Crippen LogP contribution >= 0.6 is 0 Å². The Kier molecular flexibility index (Phi) is 5.10. The van der Waals surface area contributed by atoms with Crippen LogP contribution in [-0.2, 0) is 11.2 Å². The Balaban J connectivity index is 1.38. The first-order valence-corrected chi connectivity index (χ1v) is 9.72. The van der Waals surface area contributed by atoms with Gasteiger partial charge in [-0.05, 0) is 67.5 Å². The summed E-state index contributed by atoms with van der Waals surface area (Å²) in [6.45, 7) is 5.59. The predicted molar refractivity (Wildman–Crippen MR) is 108 cm³/mol. The van der Waals surface area contributed by atoms with Crippen molar-refractivity contribution >= 4 is 17.8 Å². The molecule has 2 aromatic rings. The number of nitrogens with one attached hydrogen (secondary N) is 1. The molecule has 27 heavy (non-hydrogen) atoms. The van der Waals surface area contributed by atoms with Gasteiger partial charge < -0.3 is 14.8 Å². The van der Waals surface area contributed by atoms with Gasteiger partial charge in [0, 0.05) is 49.5 Å². The lowest BCUT2D eigenvalue weighted by molar-refractivity contribution is -0.125. The molecule has 2 aliphatic rings. The first-order valence-electron chi connectivity index (χ1n) is 9.72. The lowest BCUT2D eigenvalue weighted by atomic mass is 10.0. The second-order valence-electron chi connectivity index (χ2n) is 7.38. The fourth-order valence-corrected chi connectivity index (χ4v) is 3.90. The molecule has 0 saturated carbocycles. The molecule has 4 heterocycles. The van der Waals surface area contributed by atoms with Crippen molar-refractivity contribution in [2.24, 2.45) is 0 Å². The molecule has 5 nitrogen and oxygen atoms in total. The van der Waals surface area contributed by atoms with E-state index in [0.717, 1.165) is 62.3 Å². The zero-order chi connectivity index (χ0) is 18.6. The molecule has 0 aliphatic carbocycles. The number of anilines is 1. The highest BCUT2D eigenvalue weighted by molar-refractivity contribution is 5.91. The molecule has 0 radical (unpaired) electrons. The Morgan fingerprint density at radius 2 is 2.07 bits per heavy atom. The Labute approximate surface area is 160 Å². The number of allylic oxidation sites excluding steroid dienone is 1. The summed E-state index contributed by atoms with van der Waals surface area (Å²) in [4.78, 5) is 19.1. The minimum absolute atomic E-state index is 0.0902. The van der Waals surface area contributed by atoms with Gasteiger partial charge in [0.2, 0.25) is 5.91 Å². The number of hydrogen-bond acceptors (Lipinski definition) is 3. The summed E-state index contributed by atoms with van der Waals surface area (Å²) in [5.74, 6) is 0.977. The monoisotopic (exact) mass is 362 g/mol. The third-order valence-corrected chi connectivity index (χ3v) is 5.46. The maximum absolute atomic E-state index is 12.6. The molecule has 2 aliphatic heterocycles. The summed E-state index contributed by atoms with van der Waals surface area (Å²) in [6, 6.07) is 6.73. The molecule has 4 rings (SSSR count). The molecule has 0 spiro atoms. The number of amides is 1. The molecule has 1 unspecified atom stereocenters. The average Bonchev–Trinajstić information content (AvgIpc) is 3.10. The normalized spacial score (nSPS) is 20.2. The first-order chi connectivity index (χ1) is 13.2. The number of pyridine rings is 1. The van der Waals surface area contributed by atoms with E-state index in [1.807, 2.05) is 11.0 Å². The Bertz CT molecular complexity index is 853. The largest absolute Gasteiger partial charge is 0.351 e. The average molecular weight is 362 g/mol. The van der Waals surface area contributed by atoms with Gasteiger partial charge in [-0.2, -0.15) is 0 Å². The molecular formula is C22H26N4O. The first kappa shape index (κ1) is 17.6. The molecule has 1 atom stereocenters. The molecule has 1 saturated heterocycles. The number of aryl methyl sites for hydroxylation is 1. The van der Waals surface area contributed by atoms with Gasteiger partial charge in [-0.25, -0.2) is 4.98 Å². The van der Waals surface area contributed by atoms with Gasteiger partial charge in [-0.15, -0.1) is 0 Å². The van der Waals surface area contributed by atoms with Crippen LogP contribution in [0.5, 0.6) is 0 Å². The topological polar surface area (TPSA) is 50.2 Å². The van der Waals surface area contributed by atoms with Crippen LogP contribution in [0.25, 0.3) is 6.08 Å². The summed E-state index contributed by atoms with van der Waals surface area (Å²) in [5, 5.41) is 3.22. The van der Waals surface area contributed by atoms with Crippen molar-refractivity contribution in [1.29, 1.82) is 0 Å². The number of aromatic nitrogens is 2. The number of carbonyl (C=O) groups excluding carboxylic acids is 1. The van der Waals surface area contributed by atoms with E-state index < -0.39 is 0 Å². The number of nitrogens with zero attached hydrogens (tertiary/aromatic N) is 3. The van der Waals surface area contributed by atoms with Crippen LogP contribution in [0.2, 0.25) is 0 Å². The summed E-state index contributed by atoms with van der Waals surface area (Å²) in [5.41, 5.74) is 3.16. The zero-order valence-electron chi connectivity index (χ0n) is 15.6. The van der Waals surface area contributed by atoms with E-state index in [1.165, 1.54) is 5.56 Å². The van der Waals surface area contributed by atoms with E-state index >= 15 is 0 Å². The van der Waals surface area contributed by atoms with E-state index in [2.05, 4.69) is 52.0 Å². The van der Waals surface area contributed by atoms with E-state index in [-0.39, 0.29) is 5.91 Å². The van der Waals surface area contributed by atoms with Crippen molar-refractivity contribution in [1.82, 2.24) is 14.5 Å². The number of rotatable bonds is 3. The Morgan fingerprint density at radius 1 is 1.22 bits per heavy atom. The van der Waals surface area contributed by atoms with Crippen molar-refractivity contribution in [2.75, 3.05) is 18.4 Å². The highest BCUT2D eigenvalue weighted by atomic mass is 16.2. The maximum Gasteiger partial charge on any atom is 0.246 e. The van der Waals surface area contributed by atoms with Gasteiger partial charge in [-0.1, -0.05) is 6.58 Å². The smallest absolute Gasteiger partial charge is 0.246 e. The second-order valence-corrected chi connectivity index (χ2v) is 7.38. The van der Waals surface area contributed by atoms with Crippen LogP contribution in [0.1, 0.15) is 42.9 Å². The molecule has 0 bridgehead atoms. The lowest BCUT2D eigenvalue weighted by Crippen LogP contribution is -2.30. The van der Waals surface area contributed by atoms with Gasteiger partial charge in [0.1, 0.15) is 5.82 Å². The van der Waals surface area contributed by atoms with Crippen LogP contribution in [0, 0.1) is 0 Å². The van der Waals surface area contributed by atoms with Crippen LogP contribution < -0.4 is 5.32 Å². The van der Waals surface area contributed by atoms with Gasteiger partial charge >= 0.3 is 0 Å². The summed E-state index contributed by atoms with van der Waals surface area (Å²) in [7, 11) is 0. The van der Waals surface area contributed by atoms with Crippen molar-refractivity contribution in [3.8, 4) is 0 Å². The predicted octanol–water partition coefficient (Wildman–Crippen LogP) is 4.02. The summed E-state index contributed by atoms with van der Waals surface area (Å²) >= 11 is 0. The number of likely N-dealkylation sites (tertiary alicyclic amines) is 1. The third-order valence-electron chi connectivity index (χ3n) is 5.46. The minimum Gasteiger partial charge on any atom is -0.351 e. The highest BCUT2D eigenvalue weighted by Crippen LogP contribution is 2.25. The van der Waals surface area contributed by atoms with Gasteiger partial charge in [0.25, 0.3) is 0 Å². The summed E-state index contributed by atoms with van der Waals surface area (Å²) in [6.07, 6.45) is 14.6. The molecule has 1 amide bonds. The summed E-state index contributed by atoms with van der Waals surface area (Å²) < 4.78 is 2.27. The van der Waals surface area contributed by atoms with Gasteiger partial charge in [0.15, 0.2) is 0 Å². The number of hydrogen-bond donors (Lipinski definition) is 1. The van der Waals surface area contributed by atoms with Gasteiger partial charge in [0.05, 0.1) is 0 Å².